The van der Waals surface area contributed by atoms with Crippen LogP contribution in [-0.2, 0) is 20.9 Å². The lowest BCUT2D eigenvalue weighted by molar-refractivity contribution is 0.0163. The van der Waals surface area contributed by atoms with E-state index in [4.69, 9.17) is 19.2 Å². The number of hydrogen-bond acceptors (Lipinski definition) is 8. The van der Waals surface area contributed by atoms with Crippen molar-refractivity contribution >= 4 is 37.1 Å². The van der Waals surface area contributed by atoms with E-state index in [9.17, 15) is 9.59 Å². The topological polar surface area (TPSA) is 120 Å². The average Bonchev–Trinajstić information content (AvgIpc) is 3.24. The van der Waals surface area contributed by atoms with E-state index in [1.54, 1.807) is 24.4 Å². The Morgan fingerprint density at radius 3 is 2.68 bits per heavy atom. The summed E-state index contributed by atoms with van der Waals surface area (Å²) in [4.78, 5) is 36.3. The Labute approximate surface area is 226 Å². The van der Waals surface area contributed by atoms with Gasteiger partial charge in [0.1, 0.15) is 18.1 Å². The lowest BCUT2D eigenvalue weighted by Gasteiger charge is -2.37. The van der Waals surface area contributed by atoms with Gasteiger partial charge >= 0.3 is 6.09 Å². The summed E-state index contributed by atoms with van der Waals surface area (Å²) in [5.41, 5.74) is 1.57. The van der Waals surface area contributed by atoms with E-state index in [0.717, 1.165) is 18.9 Å². The molecule has 2 aromatic heterocycles. The van der Waals surface area contributed by atoms with Crippen molar-refractivity contribution < 1.29 is 23.8 Å². The summed E-state index contributed by atoms with van der Waals surface area (Å²) in [5, 5.41) is 6.28. The first-order valence-corrected chi connectivity index (χ1v) is 17.3. The first kappa shape index (κ1) is 29.8. The second-order valence-electron chi connectivity index (χ2n) is 10.9. The summed E-state index contributed by atoms with van der Waals surface area (Å²) in [6.45, 7) is 13.8. The molecule has 2 aromatic rings. The van der Waals surface area contributed by atoms with Gasteiger partial charge in [0, 0.05) is 41.1 Å². The Morgan fingerprint density at radius 2 is 2.00 bits per heavy atom. The van der Waals surface area contributed by atoms with Gasteiger partial charge in [-0.2, -0.15) is 0 Å². The second-order valence-corrected chi connectivity index (χ2v) is 16.5. The third-order valence-corrected chi connectivity index (χ3v) is 8.25. The van der Waals surface area contributed by atoms with Gasteiger partial charge in [0.05, 0.1) is 37.1 Å². The van der Waals surface area contributed by atoms with Crippen LogP contribution in [0.25, 0.3) is 11.2 Å². The number of ether oxygens (including phenoxy) is 3. The van der Waals surface area contributed by atoms with Crippen molar-refractivity contribution in [1.82, 2.24) is 24.8 Å². The zero-order valence-corrected chi connectivity index (χ0v) is 24.7. The Kier molecular flexibility index (Phi) is 10.9. The monoisotopic (exact) mass is 548 g/mol. The lowest BCUT2D eigenvalue weighted by atomic mass is 10.0. The van der Waals surface area contributed by atoms with Gasteiger partial charge < -0.3 is 34.3 Å². The van der Waals surface area contributed by atoms with Crippen LogP contribution in [0.15, 0.2) is 12.4 Å². The molecule has 1 aliphatic rings. The largest absolute Gasteiger partial charge is 0.449 e. The number of anilines is 1. The molecule has 0 bridgehead atoms. The summed E-state index contributed by atoms with van der Waals surface area (Å²) in [7, 11) is 0.432. The Bertz CT molecular complexity index is 1070. The normalized spacial score (nSPS) is 18.0. The third-order valence-electron chi connectivity index (χ3n) is 6.55. The number of methoxy groups -OCH3 is 1. The van der Waals surface area contributed by atoms with E-state index in [0.29, 0.717) is 68.5 Å². The molecule has 2 N–H and O–H groups in total. The molecule has 3 rings (SSSR count). The molecule has 1 aliphatic heterocycles. The molecule has 2 unspecified atom stereocenters. The molecule has 38 heavy (non-hydrogen) atoms. The lowest BCUT2D eigenvalue weighted by Crippen LogP contribution is -2.52. The molecular weight excluding hydrogens is 504 g/mol. The van der Waals surface area contributed by atoms with Gasteiger partial charge in [-0.1, -0.05) is 33.0 Å². The molecule has 12 heteroatoms. The van der Waals surface area contributed by atoms with E-state index in [-0.39, 0.29) is 24.1 Å². The van der Waals surface area contributed by atoms with Gasteiger partial charge in [-0.25, -0.2) is 14.8 Å². The quantitative estimate of drug-likeness (QED) is 0.285. The highest BCUT2D eigenvalue weighted by Gasteiger charge is 2.33. The predicted molar refractivity (Wildman–Crippen MR) is 150 cm³/mol. The molecule has 0 saturated carbocycles. The number of aromatic nitrogens is 3. The molecule has 0 radical (unpaired) electrons. The first-order valence-electron chi connectivity index (χ1n) is 13.6. The summed E-state index contributed by atoms with van der Waals surface area (Å²) < 4.78 is 18.8. The zero-order chi connectivity index (χ0) is 27.7. The fourth-order valence-corrected chi connectivity index (χ4v) is 5.01. The summed E-state index contributed by atoms with van der Waals surface area (Å²) in [5.74, 6) is 0.348. The number of carbonyl (C=O) groups excluding carboxylic acids is 2. The van der Waals surface area contributed by atoms with Gasteiger partial charge in [0.15, 0.2) is 5.65 Å². The van der Waals surface area contributed by atoms with Crippen molar-refractivity contribution in [2.24, 2.45) is 0 Å². The number of amides is 2. The van der Waals surface area contributed by atoms with Crippen LogP contribution in [0.5, 0.6) is 0 Å². The van der Waals surface area contributed by atoms with Gasteiger partial charge in [-0.3, -0.25) is 4.79 Å². The maximum atomic E-state index is 12.8. The molecule has 0 aromatic carbocycles. The van der Waals surface area contributed by atoms with Crippen LogP contribution < -0.4 is 10.6 Å². The number of piperidine rings is 1. The fraction of sp³-hybridized carbons (Fsp3) is 0.692. The Hall–Kier alpha value is -2.70. The summed E-state index contributed by atoms with van der Waals surface area (Å²) in [6, 6.07) is 0.983. The molecule has 0 aliphatic carbocycles. The molecule has 212 valence electrons. The minimum absolute atomic E-state index is 0.0775. The number of nitrogens with one attached hydrogen (secondary N) is 2. The molecule has 0 spiro atoms. The number of hydrogen-bond donors (Lipinski definition) is 2. The van der Waals surface area contributed by atoms with Crippen molar-refractivity contribution in [3.8, 4) is 0 Å². The van der Waals surface area contributed by atoms with Crippen LogP contribution in [0.1, 0.15) is 43.5 Å². The van der Waals surface area contributed by atoms with Crippen LogP contribution in [0.4, 0.5) is 10.6 Å². The van der Waals surface area contributed by atoms with E-state index in [2.05, 4.69) is 42.2 Å². The van der Waals surface area contributed by atoms with Gasteiger partial charge in [-0.15, -0.1) is 0 Å². The maximum absolute atomic E-state index is 12.8. The average molecular weight is 549 g/mol. The number of carbonyl (C=O) groups is 2. The second kappa shape index (κ2) is 13.9. The number of nitrogens with zero attached hydrogens (tertiary/aromatic N) is 4. The highest BCUT2D eigenvalue weighted by molar-refractivity contribution is 6.76. The van der Waals surface area contributed by atoms with E-state index in [1.165, 1.54) is 0 Å². The van der Waals surface area contributed by atoms with Crippen LogP contribution in [-0.4, -0.2) is 91.6 Å². The molecule has 2 amide bonds. The number of unbranched alkanes of at least 4 members (excludes halogenated alkanes) is 1. The number of likely N-dealkylation sites (tertiary alicyclic amines) is 1. The molecule has 1 fully saturated rings. The van der Waals surface area contributed by atoms with Crippen molar-refractivity contribution in [3.05, 3.63) is 18.0 Å². The SMILES string of the molecule is CCCCOC(=O)N1CCC(Nc2cnc3c(n2)c(C(=O)NCC)cn3COCC[Si](C)(C)C)C(OC)C1. The van der Waals surface area contributed by atoms with Crippen molar-refractivity contribution in [2.45, 2.75) is 77.7 Å². The minimum atomic E-state index is -1.20. The standard InChI is InChI=1S/C26H44N6O5Si/c1-7-9-12-37-26(34)31-11-10-20(21(17-31)35-3)29-22-15-28-24-23(30-22)19(25(33)27-8-2)16-32(24)18-36-13-14-38(4,5)6/h15-16,20-21H,7-14,17-18H2,1-6H3,(H,27,33)(H,29,30). The van der Waals surface area contributed by atoms with E-state index in [1.807, 2.05) is 11.5 Å². The van der Waals surface area contributed by atoms with Crippen LogP contribution in [0.2, 0.25) is 25.7 Å². The van der Waals surface area contributed by atoms with Gasteiger partial charge in [-0.05, 0) is 25.8 Å². The van der Waals surface area contributed by atoms with E-state index < -0.39 is 8.07 Å². The minimum Gasteiger partial charge on any atom is -0.449 e. The van der Waals surface area contributed by atoms with Crippen molar-refractivity contribution in [3.63, 3.8) is 0 Å². The highest BCUT2D eigenvalue weighted by atomic mass is 28.3. The van der Waals surface area contributed by atoms with Crippen LogP contribution in [0, 0.1) is 0 Å². The Morgan fingerprint density at radius 1 is 1.21 bits per heavy atom. The fourth-order valence-electron chi connectivity index (χ4n) is 4.25. The number of rotatable bonds is 13. The molecule has 1 saturated heterocycles. The molecule has 3 heterocycles. The predicted octanol–water partition coefficient (Wildman–Crippen LogP) is 3.93. The molecule has 2 atom stereocenters. The van der Waals surface area contributed by atoms with E-state index >= 15 is 0 Å². The molecule has 11 nitrogen and oxygen atoms in total. The third kappa shape index (κ3) is 8.15. The number of fused-ring (bicyclic) bond motifs is 1. The van der Waals surface area contributed by atoms with Crippen LogP contribution >= 0.6 is 0 Å². The summed E-state index contributed by atoms with van der Waals surface area (Å²) in [6.07, 6.45) is 5.36. The van der Waals surface area contributed by atoms with Gasteiger partial charge in [0.25, 0.3) is 5.91 Å². The first-order chi connectivity index (χ1) is 18.2. The van der Waals surface area contributed by atoms with Gasteiger partial charge in [0.2, 0.25) is 0 Å². The smallest absolute Gasteiger partial charge is 0.409 e. The zero-order valence-electron chi connectivity index (χ0n) is 23.7. The molecular formula is C26H44N6O5Si. The summed E-state index contributed by atoms with van der Waals surface area (Å²) >= 11 is 0. The van der Waals surface area contributed by atoms with Crippen molar-refractivity contribution in [2.75, 3.05) is 45.3 Å². The maximum Gasteiger partial charge on any atom is 0.409 e. The van der Waals surface area contributed by atoms with Crippen molar-refractivity contribution in [1.29, 1.82) is 0 Å². The highest BCUT2D eigenvalue weighted by Crippen LogP contribution is 2.23. The van der Waals surface area contributed by atoms with Crippen LogP contribution in [0.3, 0.4) is 0 Å². The Balaban J connectivity index is 1.73.